The van der Waals surface area contributed by atoms with Crippen molar-refractivity contribution < 1.29 is 4.92 Å². The van der Waals surface area contributed by atoms with E-state index in [4.69, 9.17) is 0 Å². The molecule has 0 saturated heterocycles. The van der Waals surface area contributed by atoms with Gasteiger partial charge in [-0.3, -0.25) is 10.1 Å². The predicted octanol–water partition coefficient (Wildman–Crippen LogP) is 6.13. The fraction of sp³-hybridized carbons (Fsp3) is 1.00. The van der Waals surface area contributed by atoms with Crippen molar-refractivity contribution in [1.29, 1.82) is 0 Å². The standard InChI is InChI=1S/C17H35NO2/c1-3-5-7-9-10-11-12-14-16-17(18(19)20)15-13-8-6-4-2/h17H,3-16H2,1-2H3. The highest BCUT2D eigenvalue weighted by Crippen LogP contribution is 2.15. The van der Waals surface area contributed by atoms with Gasteiger partial charge in [0.2, 0.25) is 6.04 Å². The molecule has 20 heavy (non-hydrogen) atoms. The van der Waals surface area contributed by atoms with Crippen LogP contribution in [-0.2, 0) is 0 Å². The van der Waals surface area contributed by atoms with Crippen molar-refractivity contribution in [2.45, 2.75) is 110 Å². The van der Waals surface area contributed by atoms with E-state index in [9.17, 15) is 10.1 Å². The van der Waals surface area contributed by atoms with Crippen LogP contribution in [0.25, 0.3) is 0 Å². The van der Waals surface area contributed by atoms with Crippen molar-refractivity contribution >= 4 is 0 Å². The van der Waals surface area contributed by atoms with Gasteiger partial charge in [-0.2, -0.15) is 0 Å². The Morgan fingerprint density at radius 3 is 1.45 bits per heavy atom. The number of unbranched alkanes of at least 4 members (excludes halogenated alkanes) is 10. The monoisotopic (exact) mass is 285 g/mol. The lowest BCUT2D eigenvalue weighted by Gasteiger charge is -2.09. The minimum Gasteiger partial charge on any atom is -0.264 e. The van der Waals surface area contributed by atoms with Gasteiger partial charge < -0.3 is 0 Å². The van der Waals surface area contributed by atoms with E-state index in [1.165, 1.54) is 57.8 Å². The lowest BCUT2D eigenvalue weighted by atomic mass is 10.0. The maximum absolute atomic E-state index is 11.0. The Morgan fingerprint density at radius 1 is 0.700 bits per heavy atom. The fourth-order valence-electron chi connectivity index (χ4n) is 2.68. The molecule has 0 aromatic carbocycles. The van der Waals surface area contributed by atoms with Crippen molar-refractivity contribution in [3.05, 3.63) is 10.1 Å². The molecular formula is C17H35NO2. The van der Waals surface area contributed by atoms with Gasteiger partial charge in [0.25, 0.3) is 0 Å². The maximum atomic E-state index is 11.0. The van der Waals surface area contributed by atoms with E-state index in [-0.39, 0.29) is 11.0 Å². The molecule has 0 radical (unpaired) electrons. The summed E-state index contributed by atoms with van der Waals surface area (Å²) < 4.78 is 0. The zero-order valence-electron chi connectivity index (χ0n) is 13.7. The minimum absolute atomic E-state index is 0.0484. The van der Waals surface area contributed by atoms with E-state index in [2.05, 4.69) is 13.8 Å². The summed E-state index contributed by atoms with van der Waals surface area (Å²) in [4.78, 5) is 11.0. The number of nitro groups is 1. The SMILES string of the molecule is CCCCCCCCCCC(CCCCCC)[N+](=O)[O-]. The molecular weight excluding hydrogens is 250 g/mol. The van der Waals surface area contributed by atoms with Gasteiger partial charge in [0, 0.05) is 17.8 Å². The topological polar surface area (TPSA) is 43.1 Å². The van der Waals surface area contributed by atoms with Crippen LogP contribution in [0.3, 0.4) is 0 Å². The molecule has 0 aromatic rings. The summed E-state index contributed by atoms with van der Waals surface area (Å²) >= 11 is 0. The van der Waals surface area contributed by atoms with Gasteiger partial charge in [-0.25, -0.2) is 0 Å². The quantitative estimate of drug-likeness (QED) is 0.206. The first-order valence-electron chi connectivity index (χ1n) is 8.85. The summed E-state index contributed by atoms with van der Waals surface area (Å²) in [7, 11) is 0. The molecule has 0 spiro atoms. The Labute approximate surface area is 125 Å². The first-order chi connectivity index (χ1) is 9.72. The molecule has 0 aliphatic carbocycles. The molecule has 120 valence electrons. The van der Waals surface area contributed by atoms with Crippen LogP contribution in [-0.4, -0.2) is 11.0 Å². The van der Waals surface area contributed by atoms with Gasteiger partial charge in [-0.15, -0.1) is 0 Å². The van der Waals surface area contributed by atoms with E-state index in [0.29, 0.717) is 0 Å². The first kappa shape index (κ1) is 19.4. The third-order valence-electron chi connectivity index (χ3n) is 4.08. The molecule has 0 amide bonds. The molecule has 3 nitrogen and oxygen atoms in total. The van der Waals surface area contributed by atoms with E-state index in [1.54, 1.807) is 0 Å². The van der Waals surface area contributed by atoms with Crippen LogP contribution in [0.4, 0.5) is 0 Å². The summed E-state index contributed by atoms with van der Waals surface area (Å²) in [5.74, 6) is 0. The van der Waals surface area contributed by atoms with Crippen LogP contribution in [0, 0.1) is 10.1 Å². The van der Waals surface area contributed by atoms with E-state index in [0.717, 1.165) is 32.1 Å². The van der Waals surface area contributed by atoms with E-state index < -0.39 is 0 Å². The highest BCUT2D eigenvalue weighted by molar-refractivity contribution is 4.58. The molecule has 0 rings (SSSR count). The predicted molar refractivity (Wildman–Crippen MR) is 86.8 cm³/mol. The second kappa shape index (κ2) is 14.8. The van der Waals surface area contributed by atoms with Crippen molar-refractivity contribution in [2.24, 2.45) is 0 Å². The maximum Gasteiger partial charge on any atom is 0.213 e. The molecule has 0 aliphatic heterocycles. The van der Waals surface area contributed by atoms with Crippen LogP contribution < -0.4 is 0 Å². The summed E-state index contributed by atoms with van der Waals surface area (Å²) in [6.45, 7) is 4.41. The molecule has 0 saturated carbocycles. The van der Waals surface area contributed by atoms with Gasteiger partial charge in [0.15, 0.2) is 0 Å². The Morgan fingerprint density at radius 2 is 1.05 bits per heavy atom. The normalized spacial score (nSPS) is 12.5. The molecule has 0 heterocycles. The zero-order valence-corrected chi connectivity index (χ0v) is 13.7. The molecule has 0 bridgehead atoms. The Kier molecular flexibility index (Phi) is 14.4. The smallest absolute Gasteiger partial charge is 0.213 e. The van der Waals surface area contributed by atoms with Crippen LogP contribution >= 0.6 is 0 Å². The third kappa shape index (κ3) is 12.4. The summed E-state index contributed by atoms with van der Waals surface area (Å²) in [5, 5.41) is 11.0. The second-order valence-electron chi connectivity index (χ2n) is 6.05. The average Bonchev–Trinajstić information content (AvgIpc) is 2.43. The largest absolute Gasteiger partial charge is 0.264 e. The fourth-order valence-corrected chi connectivity index (χ4v) is 2.68. The highest BCUT2D eigenvalue weighted by atomic mass is 16.6. The second-order valence-corrected chi connectivity index (χ2v) is 6.05. The lowest BCUT2D eigenvalue weighted by molar-refractivity contribution is -0.524. The minimum atomic E-state index is -0.285. The Balaban J connectivity index is 3.48. The van der Waals surface area contributed by atoms with Crippen LogP contribution in [0.2, 0.25) is 0 Å². The number of hydrogen-bond donors (Lipinski definition) is 0. The molecule has 0 aromatic heterocycles. The Hall–Kier alpha value is -0.600. The van der Waals surface area contributed by atoms with Gasteiger partial charge in [0.1, 0.15) is 0 Å². The third-order valence-corrected chi connectivity index (χ3v) is 4.08. The van der Waals surface area contributed by atoms with Gasteiger partial charge in [-0.05, 0) is 12.8 Å². The molecule has 0 aliphatic rings. The van der Waals surface area contributed by atoms with Crippen LogP contribution in [0.1, 0.15) is 104 Å². The average molecular weight is 285 g/mol. The van der Waals surface area contributed by atoms with Crippen molar-refractivity contribution in [3.63, 3.8) is 0 Å². The van der Waals surface area contributed by atoms with E-state index in [1.807, 2.05) is 0 Å². The zero-order chi connectivity index (χ0) is 15.1. The molecule has 1 unspecified atom stereocenters. The van der Waals surface area contributed by atoms with Crippen molar-refractivity contribution in [1.82, 2.24) is 0 Å². The van der Waals surface area contributed by atoms with Gasteiger partial charge in [-0.1, -0.05) is 78.1 Å². The number of rotatable bonds is 15. The number of nitrogens with zero attached hydrogens (tertiary/aromatic N) is 1. The summed E-state index contributed by atoms with van der Waals surface area (Å²) in [5.41, 5.74) is 0. The molecule has 0 fully saturated rings. The molecule has 1 atom stereocenters. The van der Waals surface area contributed by atoms with Gasteiger partial charge >= 0.3 is 0 Å². The number of hydrogen-bond acceptors (Lipinski definition) is 2. The Bertz CT molecular complexity index is 219. The summed E-state index contributed by atoms with van der Waals surface area (Å²) in [6.07, 6.45) is 16.2. The van der Waals surface area contributed by atoms with E-state index >= 15 is 0 Å². The van der Waals surface area contributed by atoms with Gasteiger partial charge in [0.05, 0.1) is 0 Å². The van der Waals surface area contributed by atoms with Crippen LogP contribution in [0.5, 0.6) is 0 Å². The lowest BCUT2D eigenvalue weighted by Crippen LogP contribution is -2.19. The first-order valence-corrected chi connectivity index (χ1v) is 8.85. The van der Waals surface area contributed by atoms with Crippen LogP contribution in [0.15, 0.2) is 0 Å². The molecule has 3 heteroatoms. The molecule has 0 N–H and O–H groups in total. The highest BCUT2D eigenvalue weighted by Gasteiger charge is 2.18. The van der Waals surface area contributed by atoms with Crippen molar-refractivity contribution in [3.8, 4) is 0 Å². The summed E-state index contributed by atoms with van der Waals surface area (Å²) in [6, 6.07) is -0.285. The van der Waals surface area contributed by atoms with Crippen molar-refractivity contribution in [2.75, 3.05) is 0 Å².